The van der Waals surface area contributed by atoms with Gasteiger partial charge >= 0.3 is 0 Å². The summed E-state index contributed by atoms with van der Waals surface area (Å²) in [5, 5.41) is 0. The SMILES string of the molecule is CO[C@]1(C)Oc2c(c3nc4nc(nc5[nH]c(nc6nc(nc2[nH]3)-c2c(OCCOS(=O)(=O)c3ccc(C)cc3)ccc(OCCOS(=O)(=O)c3ccc(C)cc3)c2-6)c2c5OC(C)(C)[C@](C)(OC)O2)C2=C4OC(C)(C)C(C)(C)O2)OC1(C)C. The summed E-state index contributed by atoms with van der Waals surface area (Å²) in [6, 6.07) is 15.6. The molecule has 3 aromatic heterocycles. The van der Waals surface area contributed by atoms with Crippen molar-refractivity contribution >= 4 is 54.3 Å². The maximum atomic E-state index is 13.3. The highest BCUT2D eigenvalue weighted by Gasteiger charge is 2.54. The molecule has 434 valence electrons. The number of benzene rings is 3. The Balaban J connectivity index is 1.15. The van der Waals surface area contributed by atoms with E-state index < -0.39 is 67.4 Å². The van der Waals surface area contributed by atoms with Gasteiger partial charge in [-0.2, -0.15) is 16.8 Å². The molecule has 0 amide bonds. The Hall–Kier alpha value is -7.62. The lowest BCUT2D eigenvalue weighted by Gasteiger charge is -2.45. The average molecular weight is 1170 g/mol. The van der Waals surface area contributed by atoms with Crippen LogP contribution in [0.15, 0.2) is 70.5 Å². The molecule has 0 unspecified atom stereocenters. The molecule has 6 aromatic rings. The molecule has 2 atom stereocenters. The van der Waals surface area contributed by atoms with Crippen molar-refractivity contribution in [2.75, 3.05) is 40.6 Å². The molecule has 2 N–H and O–H groups in total. The molecule has 5 aliphatic heterocycles. The predicted octanol–water partition coefficient (Wildman–Crippen LogP) is 8.67. The van der Waals surface area contributed by atoms with E-state index in [1.54, 1.807) is 77.9 Å². The molecule has 82 heavy (non-hydrogen) atoms. The van der Waals surface area contributed by atoms with E-state index in [1.807, 2.05) is 41.5 Å². The molecule has 0 radical (unpaired) electrons. The molecule has 8 heterocycles. The van der Waals surface area contributed by atoms with E-state index in [0.717, 1.165) is 11.1 Å². The summed E-state index contributed by atoms with van der Waals surface area (Å²) >= 11 is 0. The van der Waals surface area contributed by atoms with Gasteiger partial charge in [0.25, 0.3) is 20.2 Å². The number of ether oxygens (including phenoxy) is 10. The van der Waals surface area contributed by atoms with Crippen molar-refractivity contribution in [2.45, 2.75) is 127 Å². The van der Waals surface area contributed by atoms with Crippen LogP contribution in [0, 0.1) is 13.8 Å². The maximum absolute atomic E-state index is 13.3. The average Bonchev–Trinajstić information content (AvgIpc) is 2.21. The molecule has 0 spiro atoms. The van der Waals surface area contributed by atoms with Gasteiger partial charge in [0, 0.05) is 28.1 Å². The van der Waals surface area contributed by atoms with E-state index in [2.05, 4.69) is 9.97 Å². The van der Waals surface area contributed by atoms with Crippen molar-refractivity contribution in [1.29, 1.82) is 0 Å². The number of aromatic nitrogens is 8. The number of aromatic amines is 2. The first-order valence-electron chi connectivity index (χ1n) is 26.1. The van der Waals surface area contributed by atoms with Gasteiger partial charge in [0.15, 0.2) is 45.4 Å². The van der Waals surface area contributed by atoms with Crippen molar-refractivity contribution in [2.24, 2.45) is 0 Å². The minimum Gasteiger partial charge on any atom is -0.490 e. The lowest BCUT2D eigenvalue weighted by atomic mass is 9.88. The fraction of sp³-hybridized carbons (Fsp3) is 0.429. The molecule has 5 aliphatic rings. The van der Waals surface area contributed by atoms with Crippen LogP contribution in [-0.2, 0) is 47.5 Å². The third-order valence-corrected chi connectivity index (χ3v) is 18.1. The number of hydrogen-bond donors (Lipinski definition) is 2. The third kappa shape index (κ3) is 9.56. The number of nitrogens with one attached hydrogen (secondary N) is 2. The summed E-state index contributed by atoms with van der Waals surface area (Å²) in [4.78, 5) is 36.8. The Bertz CT molecular complexity index is 3780. The second kappa shape index (κ2) is 19.5. The number of aryl methyl sites for hydroxylation is 2. The van der Waals surface area contributed by atoms with Crippen molar-refractivity contribution in [3.63, 3.8) is 0 Å². The first kappa shape index (κ1) is 56.3. The number of nitrogens with zero attached hydrogens (tertiary/aromatic N) is 6. The van der Waals surface area contributed by atoms with E-state index in [-0.39, 0.29) is 126 Å². The fourth-order valence-electron chi connectivity index (χ4n) is 9.16. The van der Waals surface area contributed by atoms with Crippen LogP contribution in [-0.4, -0.2) is 131 Å². The van der Waals surface area contributed by atoms with Crippen molar-refractivity contribution in [3.05, 3.63) is 83.4 Å². The number of methoxy groups -OCH3 is 2. The summed E-state index contributed by atoms with van der Waals surface area (Å²) in [6.07, 6.45) is 0. The number of rotatable bonds is 14. The van der Waals surface area contributed by atoms with E-state index in [9.17, 15) is 16.8 Å². The second-order valence-corrected chi connectivity index (χ2v) is 25.5. The minimum atomic E-state index is -4.20. The molecular formula is C56H62N8O16S2. The Morgan fingerprint density at radius 1 is 0.415 bits per heavy atom. The summed E-state index contributed by atoms with van der Waals surface area (Å²) < 4.78 is 129. The van der Waals surface area contributed by atoms with Gasteiger partial charge in [0.2, 0.25) is 57.7 Å². The third-order valence-electron chi connectivity index (χ3n) is 15.4. The fourth-order valence-corrected chi connectivity index (χ4v) is 10.9. The molecule has 24 nitrogen and oxygen atoms in total. The van der Waals surface area contributed by atoms with Gasteiger partial charge in [-0.3, -0.25) is 8.37 Å². The number of fused-ring (bicyclic) bond motifs is 19. The molecule has 0 saturated heterocycles. The van der Waals surface area contributed by atoms with Crippen LogP contribution in [0.3, 0.4) is 0 Å². The lowest BCUT2D eigenvalue weighted by Crippen LogP contribution is -2.59. The van der Waals surface area contributed by atoms with Crippen LogP contribution >= 0.6 is 0 Å². The molecule has 0 aliphatic carbocycles. The molecule has 11 rings (SSSR count). The topological polar surface area (TPSA) is 288 Å². The molecule has 0 saturated carbocycles. The summed E-state index contributed by atoms with van der Waals surface area (Å²) in [7, 11) is -5.42. The van der Waals surface area contributed by atoms with Gasteiger partial charge in [0.1, 0.15) is 49.1 Å². The minimum absolute atomic E-state index is 0.0309. The first-order valence-corrected chi connectivity index (χ1v) is 28.9. The zero-order valence-corrected chi connectivity index (χ0v) is 49.3. The van der Waals surface area contributed by atoms with Gasteiger partial charge in [-0.25, -0.2) is 29.9 Å². The van der Waals surface area contributed by atoms with Crippen LogP contribution < -0.4 is 28.4 Å². The largest absolute Gasteiger partial charge is 0.490 e. The molecule has 26 heteroatoms. The number of hydrogen-bond acceptors (Lipinski definition) is 22. The highest BCUT2D eigenvalue weighted by Crippen LogP contribution is 2.53. The lowest BCUT2D eigenvalue weighted by molar-refractivity contribution is -0.252. The van der Waals surface area contributed by atoms with E-state index >= 15 is 0 Å². The van der Waals surface area contributed by atoms with Gasteiger partial charge in [-0.05, 0) is 106 Å². The normalized spacial score (nSPS) is 20.7. The molecule has 3 aromatic carbocycles. The van der Waals surface area contributed by atoms with Crippen LogP contribution in [0.4, 0.5) is 0 Å². The van der Waals surface area contributed by atoms with E-state index in [4.69, 9.17) is 85.6 Å². The maximum Gasteiger partial charge on any atom is 0.297 e. The Morgan fingerprint density at radius 2 is 0.744 bits per heavy atom. The second-order valence-electron chi connectivity index (χ2n) is 22.2. The van der Waals surface area contributed by atoms with E-state index in [1.165, 1.54) is 38.5 Å². The Labute approximate surface area is 473 Å². The van der Waals surface area contributed by atoms with Crippen molar-refractivity contribution in [3.8, 4) is 57.3 Å². The van der Waals surface area contributed by atoms with Gasteiger partial charge in [0.05, 0.1) is 20.9 Å². The van der Waals surface area contributed by atoms with Crippen LogP contribution in [0.1, 0.15) is 92.0 Å². The van der Waals surface area contributed by atoms with E-state index in [0.29, 0.717) is 0 Å². The smallest absolute Gasteiger partial charge is 0.297 e. The van der Waals surface area contributed by atoms with Gasteiger partial charge in [-0.1, -0.05) is 35.4 Å². The highest BCUT2D eigenvalue weighted by atomic mass is 32.2. The van der Waals surface area contributed by atoms with Gasteiger partial charge < -0.3 is 57.3 Å². The van der Waals surface area contributed by atoms with Crippen LogP contribution in [0.5, 0.6) is 34.5 Å². The summed E-state index contributed by atoms with van der Waals surface area (Å²) in [5.74, 6) is -1.85. The van der Waals surface area contributed by atoms with Crippen LogP contribution in [0.25, 0.3) is 56.9 Å². The molecule has 0 fully saturated rings. The quantitative estimate of drug-likeness (QED) is 0.0760. The Morgan fingerprint density at radius 3 is 1.10 bits per heavy atom. The van der Waals surface area contributed by atoms with Crippen molar-refractivity contribution in [1.82, 2.24) is 39.9 Å². The zero-order chi connectivity index (χ0) is 58.7. The highest BCUT2D eigenvalue weighted by molar-refractivity contribution is 7.87. The van der Waals surface area contributed by atoms with Crippen LogP contribution in [0.2, 0.25) is 0 Å². The summed E-state index contributed by atoms with van der Waals surface area (Å²) in [5.41, 5.74) is -1.79. The standard InChI is InChI=1S/C56H62N8O16S2/c1-29-15-19-31(20-16-29)81(65,66)73-27-25-71-33-23-24-34(72-26-28-74-82(67,68)32-21-17-30(2)18-22-32)36-35(33)43-57-44(36)59-50-42-40(78-54(9,10)56(12,70-14)80-42)48(64-50)62-46-38-37(75-51(3,4)52(5,6)76-38)45(60-46)61-47-39-41(49(58-43)63-47)79-55(11,69-13)53(7,8)77-39/h15-24H,25-28H2,1-14H3,(H2,57,58,59,60,61,62,63,64)/t55-,56-/m1/s1. The Kier molecular flexibility index (Phi) is 13.4. The van der Waals surface area contributed by atoms with Gasteiger partial charge in [-0.15, -0.1) is 0 Å². The number of H-pyrrole nitrogens is 2. The summed E-state index contributed by atoms with van der Waals surface area (Å²) in [6.45, 7) is 20.4. The van der Waals surface area contributed by atoms with Crippen molar-refractivity contribution < 1.29 is 72.6 Å². The molecule has 8 bridgehead atoms. The zero-order valence-electron chi connectivity index (χ0n) is 47.6. The predicted molar refractivity (Wildman–Crippen MR) is 295 cm³/mol. The monoisotopic (exact) mass is 1170 g/mol. The molecular weight excluding hydrogens is 1100 g/mol. The first-order chi connectivity index (χ1) is 38.5.